The summed E-state index contributed by atoms with van der Waals surface area (Å²) in [7, 11) is 0. The molecule has 2 aliphatic heterocycles. The van der Waals surface area contributed by atoms with E-state index in [0.717, 1.165) is 32.6 Å². The predicted molar refractivity (Wildman–Crippen MR) is 116 cm³/mol. The lowest BCUT2D eigenvalue weighted by atomic mass is 10.1. The van der Waals surface area contributed by atoms with Gasteiger partial charge in [-0.15, -0.1) is 0 Å². The lowest BCUT2D eigenvalue weighted by Crippen LogP contribution is -2.48. The van der Waals surface area contributed by atoms with Crippen LogP contribution in [0.15, 0.2) is 54.6 Å². The van der Waals surface area contributed by atoms with Gasteiger partial charge < -0.3 is 14.7 Å². The van der Waals surface area contributed by atoms with Gasteiger partial charge in [0.25, 0.3) is 0 Å². The van der Waals surface area contributed by atoms with Gasteiger partial charge in [-0.25, -0.2) is 0 Å². The Morgan fingerprint density at radius 3 is 1.86 bits per heavy atom. The molecule has 0 saturated carbocycles. The first kappa shape index (κ1) is 18.9. The molecule has 4 nitrogen and oxygen atoms in total. The second-order valence-electron chi connectivity index (χ2n) is 7.92. The number of nitrogens with zero attached hydrogens (tertiary/aromatic N) is 3. The normalized spacial score (nSPS) is 17.6. The third-order valence-corrected chi connectivity index (χ3v) is 6.04. The van der Waals surface area contributed by atoms with Crippen LogP contribution in [0.5, 0.6) is 0 Å². The minimum atomic E-state index is 0.281. The van der Waals surface area contributed by atoms with E-state index in [0.29, 0.717) is 6.42 Å². The van der Waals surface area contributed by atoms with Crippen molar-refractivity contribution in [3.05, 3.63) is 60.2 Å². The van der Waals surface area contributed by atoms with Crippen LogP contribution in [0.3, 0.4) is 0 Å². The lowest BCUT2D eigenvalue weighted by molar-refractivity contribution is -0.131. The molecule has 2 heterocycles. The van der Waals surface area contributed by atoms with Crippen molar-refractivity contribution in [2.24, 2.45) is 0 Å². The number of amides is 1. The van der Waals surface area contributed by atoms with Crippen LogP contribution in [0, 0.1) is 0 Å². The molecule has 0 spiro atoms. The first-order chi connectivity index (χ1) is 13.8. The third-order valence-electron chi connectivity index (χ3n) is 6.04. The zero-order valence-corrected chi connectivity index (χ0v) is 16.7. The number of hydrogen-bond acceptors (Lipinski definition) is 3. The number of hydrogen-bond donors (Lipinski definition) is 0. The van der Waals surface area contributed by atoms with Crippen LogP contribution in [0.1, 0.15) is 31.2 Å². The molecule has 0 unspecified atom stereocenters. The van der Waals surface area contributed by atoms with Crippen molar-refractivity contribution in [1.29, 1.82) is 0 Å². The molecule has 148 valence electrons. The van der Waals surface area contributed by atoms with Crippen LogP contribution < -0.4 is 9.80 Å². The molecule has 2 fully saturated rings. The van der Waals surface area contributed by atoms with Crippen LogP contribution >= 0.6 is 0 Å². The lowest BCUT2D eigenvalue weighted by Gasteiger charge is -2.36. The van der Waals surface area contributed by atoms with E-state index in [2.05, 4.69) is 46.2 Å². The minimum absolute atomic E-state index is 0.281. The molecule has 0 atom stereocenters. The van der Waals surface area contributed by atoms with Crippen LogP contribution in [-0.4, -0.2) is 50.1 Å². The summed E-state index contributed by atoms with van der Waals surface area (Å²) >= 11 is 0. The quantitative estimate of drug-likeness (QED) is 0.789. The molecule has 2 aliphatic rings. The molecule has 1 amide bonds. The van der Waals surface area contributed by atoms with Crippen molar-refractivity contribution in [2.45, 2.75) is 32.1 Å². The van der Waals surface area contributed by atoms with Gasteiger partial charge in [0.05, 0.1) is 0 Å². The van der Waals surface area contributed by atoms with E-state index in [9.17, 15) is 4.79 Å². The summed E-state index contributed by atoms with van der Waals surface area (Å²) in [5.74, 6) is 0.281. The highest BCUT2D eigenvalue weighted by Crippen LogP contribution is 2.24. The third kappa shape index (κ3) is 4.67. The van der Waals surface area contributed by atoms with Crippen molar-refractivity contribution < 1.29 is 4.79 Å². The van der Waals surface area contributed by atoms with Crippen LogP contribution in [0.2, 0.25) is 0 Å². The fourth-order valence-corrected chi connectivity index (χ4v) is 4.29. The molecule has 0 radical (unpaired) electrons. The largest absolute Gasteiger partial charge is 0.372 e. The van der Waals surface area contributed by atoms with E-state index in [1.165, 1.54) is 49.3 Å². The molecule has 0 N–H and O–H groups in total. The van der Waals surface area contributed by atoms with Crippen LogP contribution in [-0.2, 0) is 11.2 Å². The van der Waals surface area contributed by atoms with Crippen LogP contribution in [0.4, 0.5) is 11.4 Å². The van der Waals surface area contributed by atoms with E-state index in [4.69, 9.17) is 0 Å². The number of anilines is 2. The minimum Gasteiger partial charge on any atom is -0.372 e. The molecule has 0 aromatic heterocycles. The standard InChI is InChI=1S/C24H31N3O/c28-24(14-9-21-7-3-1-4-8-21)27-19-17-26(18-20-27)23-12-10-22(11-13-23)25-15-5-2-6-16-25/h1,3-4,7-8,10-13H,2,5-6,9,14-20H2. The molecule has 2 saturated heterocycles. The highest BCUT2D eigenvalue weighted by Gasteiger charge is 2.21. The van der Waals surface area contributed by atoms with E-state index in [1.54, 1.807) is 0 Å². The second kappa shape index (κ2) is 9.13. The van der Waals surface area contributed by atoms with Gasteiger partial charge in [-0.1, -0.05) is 30.3 Å². The van der Waals surface area contributed by atoms with Gasteiger partial charge in [-0.3, -0.25) is 4.79 Å². The SMILES string of the molecule is O=C(CCc1ccccc1)N1CCN(c2ccc(N3CCCCC3)cc2)CC1. The fourth-order valence-electron chi connectivity index (χ4n) is 4.29. The predicted octanol–water partition coefficient (Wildman–Crippen LogP) is 3.96. The van der Waals surface area contributed by atoms with Crippen LogP contribution in [0.25, 0.3) is 0 Å². The Morgan fingerprint density at radius 1 is 0.679 bits per heavy atom. The number of carbonyl (C=O) groups excluding carboxylic acids is 1. The van der Waals surface area contributed by atoms with Gasteiger partial charge in [-0.05, 0) is 55.5 Å². The average Bonchev–Trinajstić information content (AvgIpc) is 2.79. The van der Waals surface area contributed by atoms with E-state index >= 15 is 0 Å². The molecule has 0 bridgehead atoms. The summed E-state index contributed by atoms with van der Waals surface area (Å²) in [5.41, 5.74) is 3.86. The average molecular weight is 378 g/mol. The summed E-state index contributed by atoms with van der Waals surface area (Å²) in [5, 5.41) is 0. The zero-order chi connectivity index (χ0) is 19.2. The Balaban J connectivity index is 1.26. The summed E-state index contributed by atoms with van der Waals surface area (Å²) < 4.78 is 0. The van der Waals surface area contributed by atoms with Gasteiger partial charge in [0.2, 0.25) is 5.91 Å². The number of piperidine rings is 1. The molecule has 2 aromatic rings. The Hall–Kier alpha value is -2.49. The smallest absolute Gasteiger partial charge is 0.223 e. The molecular weight excluding hydrogens is 346 g/mol. The van der Waals surface area contributed by atoms with E-state index in [-0.39, 0.29) is 5.91 Å². The zero-order valence-electron chi connectivity index (χ0n) is 16.7. The molecule has 28 heavy (non-hydrogen) atoms. The highest BCUT2D eigenvalue weighted by molar-refractivity contribution is 5.76. The number of aryl methyl sites for hydroxylation is 1. The molecule has 2 aromatic carbocycles. The Bertz CT molecular complexity index is 745. The van der Waals surface area contributed by atoms with Gasteiger partial charge >= 0.3 is 0 Å². The number of piperazine rings is 1. The van der Waals surface area contributed by atoms with Crippen molar-refractivity contribution in [3.63, 3.8) is 0 Å². The summed E-state index contributed by atoms with van der Waals surface area (Å²) in [6.45, 7) is 5.84. The van der Waals surface area contributed by atoms with Gasteiger partial charge in [0.15, 0.2) is 0 Å². The Labute approximate surface area is 168 Å². The first-order valence-electron chi connectivity index (χ1n) is 10.7. The summed E-state index contributed by atoms with van der Waals surface area (Å²) in [6.07, 6.45) is 5.42. The van der Waals surface area contributed by atoms with Crippen molar-refractivity contribution in [1.82, 2.24) is 4.90 Å². The van der Waals surface area contributed by atoms with Gasteiger partial charge in [0, 0.05) is 57.1 Å². The van der Waals surface area contributed by atoms with Gasteiger partial charge in [0.1, 0.15) is 0 Å². The Kier molecular flexibility index (Phi) is 6.15. The van der Waals surface area contributed by atoms with Crippen molar-refractivity contribution in [2.75, 3.05) is 49.1 Å². The van der Waals surface area contributed by atoms with Crippen molar-refractivity contribution >= 4 is 17.3 Å². The molecule has 4 heteroatoms. The number of carbonyl (C=O) groups is 1. The topological polar surface area (TPSA) is 26.8 Å². The maximum Gasteiger partial charge on any atom is 0.223 e. The maximum atomic E-state index is 12.5. The van der Waals surface area contributed by atoms with E-state index in [1.807, 2.05) is 23.1 Å². The molecular formula is C24H31N3O. The monoisotopic (exact) mass is 377 g/mol. The fraction of sp³-hybridized carbons (Fsp3) is 0.458. The highest BCUT2D eigenvalue weighted by atomic mass is 16.2. The number of rotatable bonds is 5. The number of benzene rings is 2. The molecule has 4 rings (SSSR count). The summed E-state index contributed by atoms with van der Waals surface area (Å²) in [6, 6.07) is 19.3. The first-order valence-corrected chi connectivity index (χ1v) is 10.7. The van der Waals surface area contributed by atoms with Crippen molar-refractivity contribution in [3.8, 4) is 0 Å². The van der Waals surface area contributed by atoms with Gasteiger partial charge in [-0.2, -0.15) is 0 Å². The summed E-state index contributed by atoms with van der Waals surface area (Å²) in [4.78, 5) is 19.5. The second-order valence-corrected chi connectivity index (χ2v) is 7.92. The Morgan fingerprint density at radius 2 is 1.25 bits per heavy atom. The molecule has 0 aliphatic carbocycles. The maximum absolute atomic E-state index is 12.5. The van der Waals surface area contributed by atoms with E-state index < -0.39 is 0 Å².